The molecular formula is C12H17N3O. The Labute approximate surface area is 109 Å². The summed E-state index contributed by atoms with van der Waals surface area (Å²) in [6, 6.07) is 4.17. The highest BCUT2D eigenvalue weighted by Crippen LogP contribution is 2.15. The summed E-state index contributed by atoms with van der Waals surface area (Å²) >= 11 is 0. The van der Waals surface area contributed by atoms with Gasteiger partial charge in [-0.1, -0.05) is 12.6 Å². The minimum Gasteiger partial charge on any atom is -0.383 e. The third-order valence-electron chi connectivity index (χ3n) is 1.77. The smallest absolute Gasteiger partial charge is 0.269 e. The number of nitrogens with zero attached hydrogens (tertiary/aromatic N) is 2. The molecule has 1 atom stereocenters. The van der Waals surface area contributed by atoms with Gasteiger partial charge in [-0.15, -0.1) is 4.98 Å². The van der Waals surface area contributed by atoms with Gasteiger partial charge < -0.3 is 15.3 Å². The van der Waals surface area contributed by atoms with Crippen LogP contribution in [-0.2, 0) is 0 Å². The predicted octanol–water partition coefficient (Wildman–Crippen LogP) is 2.05. The van der Waals surface area contributed by atoms with E-state index in [4.69, 9.17) is 18.9 Å². The van der Waals surface area contributed by atoms with Crippen LogP contribution in [0.4, 0.5) is 5.82 Å². The van der Waals surface area contributed by atoms with E-state index in [1.165, 1.54) is 18.2 Å². The van der Waals surface area contributed by atoms with Gasteiger partial charge in [0.15, 0.2) is 5.69 Å². The number of aromatic nitrogens is 1. The molecule has 0 spiro atoms. The Morgan fingerprint density at radius 1 is 1.62 bits per heavy atom. The fourth-order valence-corrected chi connectivity index (χ4v) is 1.04. The number of pyridine rings is 1. The van der Waals surface area contributed by atoms with Crippen LogP contribution in [0.15, 0.2) is 18.2 Å². The number of hydrogen-bond donors (Lipinski definition) is 2. The second-order valence-electron chi connectivity index (χ2n) is 3.18. The highest BCUT2D eigenvalue weighted by Gasteiger charge is 2.16. The fourth-order valence-electron chi connectivity index (χ4n) is 1.04. The Kier molecular flexibility index (Phi) is 1.53. The van der Waals surface area contributed by atoms with E-state index in [0.29, 0.717) is 0 Å². The summed E-state index contributed by atoms with van der Waals surface area (Å²) in [7, 11) is 0. The second-order valence-corrected chi connectivity index (χ2v) is 3.18. The molecule has 0 aliphatic heterocycles. The molecule has 4 heteroatoms. The van der Waals surface area contributed by atoms with Crippen molar-refractivity contribution >= 4 is 5.82 Å². The molecule has 0 bridgehead atoms. The first-order valence-corrected chi connectivity index (χ1v) is 4.45. The van der Waals surface area contributed by atoms with Gasteiger partial charge in [0.05, 0.1) is 0 Å². The van der Waals surface area contributed by atoms with Crippen molar-refractivity contribution in [2.45, 2.75) is 32.2 Å². The summed E-state index contributed by atoms with van der Waals surface area (Å²) in [5.74, 6) is -0.0229. The lowest BCUT2D eigenvalue weighted by molar-refractivity contribution is 0.159. The van der Waals surface area contributed by atoms with Crippen LogP contribution >= 0.6 is 0 Å². The molecule has 1 aromatic rings. The van der Waals surface area contributed by atoms with E-state index in [9.17, 15) is 5.11 Å². The average molecular weight is 228 g/mol. The van der Waals surface area contributed by atoms with Crippen molar-refractivity contribution in [1.29, 1.82) is 0 Å². The standard InChI is InChI=1S/C12H17N3O/c1-12(2,3)14-8-10(16)9-6-5-7-11(13-4)15-9/h5-7,10,14,16H,8H2,1-3H3/t10-/m1/s1/i1D3,2D3,3D3. The highest BCUT2D eigenvalue weighted by molar-refractivity contribution is 5.36. The van der Waals surface area contributed by atoms with E-state index in [2.05, 4.69) is 9.83 Å². The lowest BCUT2D eigenvalue weighted by Crippen LogP contribution is -2.38. The summed E-state index contributed by atoms with van der Waals surface area (Å²) in [6.45, 7) is -4.04. The van der Waals surface area contributed by atoms with Crippen molar-refractivity contribution in [3.8, 4) is 0 Å². The molecule has 1 heterocycles. The van der Waals surface area contributed by atoms with Gasteiger partial charge in [-0.25, -0.2) is 0 Å². The van der Waals surface area contributed by atoms with Crippen molar-refractivity contribution < 1.29 is 17.4 Å². The third kappa shape index (κ3) is 3.97. The summed E-state index contributed by atoms with van der Waals surface area (Å²) in [6.07, 6.45) is -1.51. The average Bonchev–Trinajstić information content (AvgIpc) is 2.43. The van der Waals surface area contributed by atoms with E-state index >= 15 is 0 Å². The van der Waals surface area contributed by atoms with Crippen LogP contribution in [0.3, 0.4) is 0 Å². The Morgan fingerprint density at radius 2 is 2.38 bits per heavy atom. The summed E-state index contributed by atoms with van der Waals surface area (Å²) < 4.78 is 67.3. The van der Waals surface area contributed by atoms with Gasteiger partial charge in [0.25, 0.3) is 5.82 Å². The minimum absolute atomic E-state index is 0.0171. The van der Waals surface area contributed by atoms with E-state index in [1.54, 1.807) is 0 Å². The third-order valence-corrected chi connectivity index (χ3v) is 1.77. The van der Waals surface area contributed by atoms with Crippen LogP contribution in [0.2, 0.25) is 0 Å². The predicted molar refractivity (Wildman–Crippen MR) is 63.2 cm³/mol. The molecule has 86 valence electrons. The van der Waals surface area contributed by atoms with Crippen LogP contribution in [-0.4, -0.2) is 22.2 Å². The van der Waals surface area contributed by atoms with Gasteiger partial charge in [-0.3, -0.25) is 0 Å². The van der Waals surface area contributed by atoms with Crippen molar-refractivity contribution in [2.24, 2.45) is 0 Å². The SMILES string of the molecule is [2H]C([2H])([2H])C(NC[C@@H](O)c1cccc([N+]#[C-])n1)(C([2H])([2H])[2H])C([2H])([2H])[2H]. The Morgan fingerprint density at radius 3 is 3.00 bits per heavy atom. The molecular weight excluding hydrogens is 202 g/mol. The zero-order valence-corrected chi connectivity index (χ0v) is 8.36. The first-order chi connectivity index (χ1) is 11.2. The van der Waals surface area contributed by atoms with Crippen molar-refractivity contribution in [3.05, 3.63) is 35.3 Å². The number of hydrogen-bond acceptors (Lipinski definition) is 3. The molecule has 0 saturated carbocycles. The van der Waals surface area contributed by atoms with Crippen LogP contribution in [0, 0.1) is 6.57 Å². The number of nitrogens with one attached hydrogen (secondary N) is 1. The van der Waals surface area contributed by atoms with E-state index in [1.807, 2.05) is 5.32 Å². The maximum Gasteiger partial charge on any atom is 0.269 e. The van der Waals surface area contributed by atoms with Gasteiger partial charge in [-0.2, -0.15) is 0 Å². The highest BCUT2D eigenvalue weighted by atomic mass is 16.3. The van der Waals surface area contributed by atoms with Gasteiger partial charge in [0.2, 0.25) is 0 Å². The first-order valence-electron chi connectivity index (χ1n) is 8.95. The largest absolute Gasteiger partial charge is 0.383 e. The summed E-state index contributed by atoms with van der Waals surface area (Å²) in [5, 5.41) is 12.2. The number of aliphatic hydroxyl groups excluding tert-OH is 1. The number of β-amino-alcohol motifs (C(OH)–C–C–N with tert-alkyl or cyclic N) is 1. The normalized spacial score (nSPS) is 23.9. The molecule has 0 saturated heterocycles. The molecule has 0 aliphatic carbocycles. The lowest BCUT2D eigenvalue weighted by atomic mass is 10.1. The Balaban J connectivity index is 3.22. The molecule has 0 radical (unpaired) electrons. The van der Waals surface area contributed by atoms with Crippen molar-refractivity contribution in [2.75, 3.05) is 6.54 Å². The summed E-state index contributed by atoms with van der Waals surface area (Å²) in [5.41, 5.74) is -3.25. The molecule has 1 rings (SSSR count). The monoisotopic (exact) mass is 228 g/mol. The maximum absolute atomic E-state index is 10.1. The first kappa shape index (κ1) is 4.82. The molecule has 1 aromatic heterocycles. The van der Waals surface area contributed by atoms with Gasteiger partial charge >= 0.3 is 0 Å². The lowest BCUT2D eigenvalue weighted by Gasteiger charge is -2.21. The summed E-state index contributed by atoms with van der Waals surface area (Å²) in [4.78, 5) is 6.89. The van der Waals surface area contributed by atoms with Crippen LogP contribution in [0.1, 0.15) is 44.7 Å². The van der Waals surface area contributed by atoms with E-state index < -0.39 is 38.7 Å². The zero-order chi connectivity index (χ0) is 19.7. The quantitative estimate of drug-likeness (QED) is 0.778. The zero-order valence-electron chi connectivity index (χ0n) is 17.4. The van der Waals surface area contributed by atoms with Crippen LogP contribution in [0.5, 0.6) is 0 Å². The van der Waals surface area contributed by atoms with Crippen LogP contribution in [0.25, 0.3) is 4.85 Å². The second kappa shape index (κ2) is 5.06. The topological polar surface area (TPSA) is 49.5 Å². The number of aliphatic hydroxyl groups is 1. The maximum atomic E-state index is 10.1. The molecule has 0 unspecified atom stereocenters. The molecule has 0 aliphatic rings. The fraction of sp³-hybridized carbons (Fsp3) is 0.500. The molecule has 16 heavy (non-hydrogen) atoms. The molecule has 0 amide bonds. The van der Waals surface area contributed by atoms with Crippen molar-refractivity contribution in [3.63, 3.8) is 0 Å². The van der Waals surface area contributed by atoms with Gasteiger partial charge in [0, 0.05) is 24.4 Å². The minimum atomic E-state index is -3.41. The molecule has 0 fully saturated rings. The van der Waals surface area contributed by atoms with Crippen LogP contribution < -0.4 is 5.32 Å². The molecule has 2 N–H and O–H groups in total. The van der Waals surface area contributed by atoms with E-state index in [-0.39, 0.29) is 11.5 Å². The number of rotatable bonds is 3. The Hall–Kier alpha value is -1.44. The van der Waals surface area contributed by atoms with Crippen molar-refractivity contribution in [1.82, 2.24) is 10.3 Å². The van der Waals surface area contributed by atoms with Gasteiger partial charge in [-0.05, 0) is 32.7 Å². The van der Waals surface area contributed by atoms with Gasteiger partial charge in [0.1, 0.15) is 6.10 Å². The Bertz CT molecular complexity index is 609. The van der Waals surface area contributed by atoms with E-state index in [0.717, 1.165) is 0 Å². The molecule has 0 aromatic carbocycles. The molecule has 4 nitrogen and oxygen atoms in total.